The van der Waals surface area contributed by atoms with E-state index in [4.69, 9.17) is 4.74 Å². The molecule has 0 unspecified atom stereocenters. The molecule has 0 saturated heterocycles. The first-order valence-corrected chi connectivity index (χ1v) is 6.64. The molecule has 2 aliphatic carbocycles. The van der Waals surface area contributed by atoms with Crippen molar-refractivity contribution in [1.82, 2.24) is 9.97 Å². The van der Waals surface area contributed by atoms with E-state index in [1.54, 1.807) is 0 Å². The van der Waals surface area contributed by atoms with Crippen molar-refractivity contribution in [2.75, 3.05) is 11.9 Å². The Balaban J connectivity index is 1.79. The van der Waals surface area contributed by atoms with Crippen molar-refractivity contribution in [2.24, 2.45) is 0 Å². The number of aromatic nitrogens is 2. The lowest BCUT2D eigenvalue weighted by molar-refractivity contribution is 0.114. The minimum atomic E-state index is 0.381. The van der Waals surface area contributed by atoms with Crippen molar-refractivity contribution in [3.8, 4) is 5.88 Å². The summed E-state index contributed by atoms with van der Waals surface area (Å²) in [7, 11) is 0. The van der Waals surface area contributed by atoms with Gasteiger partial charge in [-0.15, -0.1) is 0 Å². The summed E-state index contributed by atoms with van der Waals surface area (Å²) in [6, 6.07) is 1.92. The highest BCUT2D eigenvalue weighted by Crippen LogP contribution is 2.39. The largest absolute Gasteiger partial charge is 0.474 e. The third-order valence-corrected chi connectivity index (χ3v) is 3.36. The molecule has 0 atom stereocenters. The number of hydrogen-bond acceptors (Lipinski definition) is 4. The van der Waals surface area contributed by atoms with E-state index in [1.165, 1.54) is 32.1 Å². The van der Waals surface area contributed by atoms with Gasteiger partial charge in [0.1, 0.15) is 17.7 Å². The number of ether oxygens (including phenoxy) is 1. The maximum atomic E-state index is 5.86. The Hall–Kier alpha value is -1.32. The summed E-state index contributed by atoms with van der Waals surface area (Å²) in [5, 5.41) is 3.25. The van der Waals surface area contributed by atoms with Crippen LogP contribution in [-0.4, -0.2) is 22.6 Å². The number of hydrogen-bond donors (Lipinski definition) is 1. The molecule has 2 fully saturated rings. The zero-order valence-electron chi connectivity index (χ0n) is 10.3. The van der Waals surface area contributed by atoms with Crippen LogP contribution in [0.3, 0.4) is 0 Å². The Labute approximate surface area is 102 Å². The molecule has 92 valence electrons. The normalized spacial score (nSPS) is 19.8. The number of nitrogens with one attached hydrogen (secondary N) is 1. The molecule has 0 aromatic carbocycles. The Bertz CT molecular complexity index is 400. The van der Waals surface area contributed by atoms with Crippen LogP contribution in [0.25, 0.3) is 0 Å². The van der Waals surface area contributed by atoms with Crippen LogP contribution in [0.2, 0.25) is 0 Å². The molecule has 0 amide bonds. The lowest BCUT2D eigenvalue weighted by atomic mass is 9.96. The second-order valence-corrected chi connectivity index (χ2v) is 4.92. The Kier molecular flexibility index (Phi) is 2.87. The molecule has 4 nitrogen and oxygen atoms in total. The lowest BCUT2D eigenvalue weighted by Gasteiger charge is -2.26. The fourth-order valence-corrected chi connectivity index (χ4v) is 1.96. The van der Waals surface area contributed by atoms with Crippen LogP contribution in [0.5, 0.6) is 5.88 Å². The smallest absolute Gasteiger partial charge is 0.219 e. The molecule has 0 spiro atoms. The lowest BCUT2D eigenvalue weighted by Crippen LogP contribution is -2.25. The fourth-order valence-electron chi connectivity index (χ4n) is 1.96. The summed E-state index contributed by atoms with van der Waals surface area (Å²) < 4.78 is 5.86. The molecule has 1 aromatic heterocycles. The van der Waals surface area contributed by atoms with Gasteiger partial charge in [-0.1, -0.05) is 0 Å². The predicted octanol–water partition coefficient (Wildman–Crippen LogP) is 2.72. The number of anilines is 1. The first-order chi connectivity index (χ1) is 8.35. The van der Waals surface area contributed by atoms with Gasteiger partial charge >= 0.3 is 0 Å². The van der Waals surface area contributed by atoms with Crippen LogP contribution in [0.4, 0.5) is 5.82 Å². The molecular formula is C13H19N3O. The average Bonchev–Trinajstić information content (AvgIpc) is 3.07. The van der Waals surface area contributed by atoms with E-state index in [1.807, 2.05) is 6.07 Å². The van der Waals surface area contributed by atoms with Crippen LogP contribution in [-0.2, 0) is 0 Å². The fraction of sp³-hybridized carbons (Fsp3) is 0.692. The van der Waals surface area contributed by atoms with Gasteiger partial charge < -0.3 is 10.1 Å². The van der Waals surface area contributed by atoms with Gasteiger partial charge in [0.25, 0.3) is 0 Å². The second kappa shape index (κ2) is 4.51. The Morgan fingerprint density at radius 1 is 1.29 bits per heavy atom. The third-order valence-electron chi connectivity index (χ3n) is 3.36. The number of nitrogens with zero attached hydrogens (tertiary/aromatic N) is 2. The highest BCUT2D eigenvalue weighted by Gasteiger charge is 2.28. The van der Waals surface area contributed by atoms with E-state index in [2.05, 4.69) is 22.2 Å². The number of rotatable bonds is 5. The van der Waals surface area contributed by atoms with E-state index in [9.17, 15) is 0 Å². The molecule has 17 heavy (non-hydrogen) atoms. The van der Waals surface area contributed by atoms with Gasteiger partial charge in [0.15, 0.2) is 0 Å². The molecule has 0 radical (unpaired) electrons. The van der Waals surface area contributed by atoms with Crippen molar-refractivity contribution < 1.29 is 4.74 Å². The SMILES string of the molecule is CCNc1cc(OC2CCC2)nc(C2CC2)n1. The van der Waals surface area contributed by atoms with Crippen LogP contribution in [0.1, 0.15) is 50.8 Å². The summed E-state index contributed by atoms with van der Waals surface area (Å²) in [5.41, 5.74) is 0. The molecule has 3 rings (SSSR count). The maximum absolute atomic E-state index is 5.86. The van der Waals surface area contributed by atoms with Crippen molar-refractivity contribution in [3.05, 3.63) is 11.9 Å². The van der Waals surface area contributed by atoms with E-state index in [-0.39, 0.29) is 0 Å². The summed E-state index contributed by atoms with van der Waals surface area (Å²) >= 11 is 0. The first kappa shape index (κ1) is 10.8. The van der Waals surface area contributed by atoms with Gasteiger partial charge in [0.05, 0.1) is 0 Å². The standard InChI is InChI=1S/C13H19N3O/c1-2-14-11-8-12(17-10-4-3-5-10)16-13(15-11)9-6-7-9/h8-10H,2-7H2,1H3,(H,14,15,16). The Morgan fingerprint density at radius 2 is 2.12 bits per heavy atom. The average molecular weight is 233 g/mol. The van der Waals surface area contributed by atoms with Crippen molar-refractivity contribution >= 4 is 5.82 Å². The van der Waals surface area contributed by atoms with Gasteiger partial charge in [-0.3, -0.25) is 0 Å². The molecule has 4 heteroatoms. The maximum Gasteiger partial charge on any atom is 0.219 e. The minimum Gasteiger partial charge on any atom is -0.474 e. The van der Waals surface area contributed by atoms with Crippen molar-refractivity contribution in [2.45, 2.75) is 51.0 Å². The predicted molar refractivity (Wildman–Crippen MR) is 66.4 cm³/mol. The molecule has 2 aliphatic rings. The van der Waals surface area contributed by atoms with E-state index < -0.39 is 0 Å². The molecule has 2 saturated carbocycles. The van der Waals surface area contributed by atoms with Gasteiger partial charge in [-0.25, -0.2) is 4.98 Å². The van der Waals surface area contributed by atoms with Crippen molar-refractivity contribution in [3.63, 3.8) is 0 Å². The molecule has 1 heterocycles. The van der Waals surface area contributed by atoms with Crippen LogP contribution >= 0.6 is 0 Å². The summed E-state index contributed by atoms with van der Waals surface area (Å²) in [6.07, 6.45) is 6.44. The van der Waals surface area contributed by atoms with Gasteiger partial charge in [0, 0.05) is 18.5 Å². The zero-order valence-corrected chi connectivity index (χ0v) is 10.3. The highest BCUT2D eigenvalue weighted by atomic mass is 16.5. The van der Waals surface area contributed by atoms with E-state index in [0.717, 1.165) is 24.1 Å². The molecular weight excluding hydrogens is 214 g/mol. The molecule has 0 aliphatic heterocycles. The van der Waals surface area contributed by atoms with Gasteiger partial charge in [0.2, 0.25) is 5.88 Å². The van der Waals surface area contributed by atoms with Gasteiger partial charge in [-0.05, 0) is 39.0 Å². The highest BCUT2D eigenvalue weighted by molar-refractivity contribution is 5.39. The van der Waals surface area contributed by atoms with E-state index in [0.29, 0.717) is 12.0 Å². The molecule has 1 aromatic rings. The van der Waals surface area contributed by atoms with Gasteiger partial charge in [-0.2, -0.15) is 4.98 Å². The third kappa shape index (κ3) is 2.51. The summed E-state index contributed by atoms with van der Waals surface area (Å²) in [6.45, 7) is 2.95. The monoisotopic (exact) mass is 233 g/mol. The summed E-state index contributed by atoms with van der Waals surface area (Å²) in [5.74, 6) is 3.18. The zero-order chi connectivity index (χ0) is 11.7. The molecule has 0 bridgehead atoms. The minimum absolute atomic E-state index is 0.381. The van der Waals surface area contributed by atoms with Crippen LogP contribution in [0.15, 0.2) is 6.07 Å². The van der Waals surface area contributed by atoms with E-state index >= 15 is 0 Å². The quantitative estimate of drug-likeness (QED) is 0.849. The Morgan fingerprint density at radius 3 is 2.71 bits per heavy atom. The topological polar surface area (TPSA) is 47.0 Å². The van der Waals surface area contributed by atoms with Crippen LogP contribution < -0.4 is 10.1 Å². The second-order valence-electron chi connectivity index (χ2n) is 4.92. The molecule has 1 N–H and O–H groups in total. The summed E-state index contributed by atoms with van der Waals surface area (Å²) in [4.78, 5) is 9.06. The first-order valence-electron chi connectivity index (χ1n) is 6.64. The van der Waals surface area contributed by atoms with Crippen LogP contribution in [0, 0.1) is 0 Å². The van der Waals surface area contributed by atoms with Crippen molar-refractivity contribution in [1.29, 1.82) is 0 Å².